The van der Waals surface area contributed by atoms with Crippen LogP contribution in [0.15, 0.2) is 66.7 Å². The largest absolute Gasteiger partial charge is 0.0616 e. The Hall–Kier alpha value is -2.86. The Kier molecular flexibility index (Phi) is 2.93. The molecule has 0 fully saturated rings. The first-order chi connectivity index (χ1) is 12.1. The maximum Gasteiger partial charge on any atom is -0.00987 e. The lowest BCUT2D eigenvalue weighted by Gasteiger charge is -2.13. The third-order valence-corrected chi connectivity index (χ3v) is 5.80. The number of aryl methyl sites for hydroxylation is 2. The highest BCUT2D eigenvalue weighted by Crippen LogP contribution is 2.34. The van der Waals surface area contributed by atoms with E-state index in [-0.39, 0.29) is 0 Å². The predicted molar refractivity (Wildman–Crippen MR) is 111 cm³/mol. The summed E-state index contributed by atoms with van der Waals surface area (Å²) >= 11 is 0. The molecular weight excluding hydrogens is 300 g/mol. The van der Waals surface area contributed by atoms with Gasteiger partial charge in [0.2, 0.25) is 0 Å². The molecule has 0 amide bonds. The predicted octanol–water partition coefficient (Wildman–Crippen LogP) is 7.22. The van der Waals surface area contributed by atoms with Gasteiger partial charge in [-0.3, -0.25) is 0 Å². The minimum absolute atomic E-state index is 1.30. The summed E-state index contributed by atoms with van der Waals surface area (Å²) in [6.07, 6.45) is 0. The maximum atomic E-state index is 2.39. The molecule has 0 aliphatic rings. The van der Waals surface area contributed by atoms with E-state index in [1.165, 1.54) is 59.8 Å². The van der Waals surface area contributed by atoms with E-state index in [0.29, 0.717) is 0 Å². The Morgan fingerprint density at radius 1 is 0.440 bits per heavy atom. The first-order valence-corrected chi connectivity index (χ1v) is 8.87. The highest BCUT2D eigenvalue weighted by Gasteiger charge is 2.08. The Bertz CT molecular complexity index is 1310. The molecule has 0 unspecified atom stereocenters. The molecule has 0 saturated heterocycles. The fourth-order valence-corrected chi connectivity index (χ4v) is 4.10. The second-order valence-electron chi connectivity index (χ2n) is 7.22. The van der Waals surface area contributed by atoms with Crippen LogP contribution < -0.4 is 0 Å². The minimum atomic E-state index is 1.30. The van der Waals surface area contributed by atoms with Gasteiger partial charge in [-0.1, -0.05) is 42.5 Å². The number of hydrogen-bond acceptors (Lipinski definition) is 0. The quantitative estimate of drug-likeness (QED) is 0.209. The molecule has 5 rings (SSSR count). The van der Waals surface area contributed by atoms with Crippen molar-refractivity contribution in [2.45, 2.75) is 20.8 Å². The van der Waals surface area contributed by atoms with Crippen LogP contribution in [0.3, 0.4) is 0 Å². The zero-order valence-corrected chi connectivity index (χ0v) is 14.9. The molecule has 0 nitrogen and oxygen atoms in total. The fraction of sp³-hybridized carbons (Fsp3) is 0.120. The van der Waals surface area contributed by atoms with E-state index < -0.39 is 0 Å². The lowest BCUT2D eigenvalue weighted by atomic mass is 9.92. The number of hydrogen-bond donors (Lipinski definition) is 0. The second kappa shape index (κ2) is 5.07. The van der Waals surface area contributed by atoms with E-state index in [4.69, 9.17) is 0 Å². The fourth-order valence-electron chi connectivity index (χ4n) is 4.10. The number of fused-ring (bicyclic) bond motifs is 5. The highest BCUT2D eigenvalue weighted by molar-refractivity contribution is 6.15. The monoisotopic (exact) mass is 320 g/mol. The molecule has 120 valence electrons. The summed E-state index contributed by atoms with van der Waals surface area (Å²) in [4.78, 5) is 0. The van der Waals surface area contributed by atoms with Crippen LogP contribution in [-0.2, 0) is 0 Å². The lowest BCUT2D eigenvalue weighted by molar-refractivity contribution is 1.30. The smallest absolute Gasteiger partial charge is 0.00987 e. The van der Waals surface area contributed by atoms with Gasteiger partial charge >= 0.3 is 0 Å². The molecule has 0 N–H and O–H groups in total. The van der Waals surface area contributed by atoms with Gasteiger partial charge < -0.3 is 0 Å². The van der Waals surface area contributed by atoms with Crippen LogP contribution in [0, 0.1) is 20.8 Å². The Balaban J connectivity index is 1.98. The van der Waals surface area contributed by atoms with Crippen LogP contribution in [0.5, 0.6) is 0 Å². The SMILES string of the molecule is Cc1cc2cc3ccc4cc5ccccc5cc4c3cc2c(C)c1C. The molecule has 0 aliphatic heterocycles. The van der Waals surface area contributed by atoms with Crippen LogP contribution in [0.1, 0.15) is 16.7 Å². The van der Waals surface area contributed by atoms with Crippen LogP contribution in [0.4, 0.5) is 0 Å². The van der Waals surface area contributed by atoms with Gasteiger partial charge in [0.05, 0.1) is 0 Å². The molecule has 0 aliphatic carbocycles. The van der Waals surface area contributed by atoms with E-state index >= 15 is 0 Å². The second-order valence-corrected chi connectivity index (χ2v) is 7.22. The number of benzene rings is 5. The topological polar surface area (TPSA) is 0 Å². The molecule has 0 aromatic heterocycles. The first kappa shape index (κ1) is 14.5. The van der Waals surface area contributed by atoms with Crippen molar-refractivity contribution >= 4 is 43.1 Å². The lowest BCUT2D eigenvalue weighted by Crippen LogP contribution is -1.89. The summed E-state index contributed by atoms with van der Waals surface area (Å²) in [5, 5.41) is 10.6. The number of rotatable bonds is 0. The normalized spacial score (nSPS) is 11.8. The third-order valence-electron chi connectivity index (χ3n) is 5.80. The van der Waals surface area contributed by atoms with Crippen LogP contribution in [0.25, 0.3) is 43.1 Å². The van der Waals surface area contributed by atoms with Crippen molar-refractivity contribution in [3.8, 4) is 0 Å². The highest BCUT2D eigenvalue weighted by atomic mass is 14.1. The van der Waals surface area contributed by atoms with Gasteiger partial charge in [-0.25, -0.2) is 0 Å². The Morgan fingerprint density at radius 2 is 1.04 bits per heavy atom. The van der Waals surface area contributed by atoms with Crippen molar-refractivity contribution < 1.29 is 0 Å². The molecule has 0 heteroatoms. The summed E-state index contributed by atoms with van der Waals surface area (Å²) in [5.41, 5.74) is 4.17. The van der Waals surface area contributed by atoms with Crippen LogP contribution in [-0.4, -0.2) is 0 Å². The van der Waals surface area contributed by atoms with E-state index in [2.05, 4.69) is 87.5 Å². The Labute approximate surface area is 147 Å². The van der Waals surface area contributed by atoms with E-state index in [1.54, 1.807) is 0 Å². The summed E-state index contributed by atoms with van der Waals surface area (Å²) in [6, 6.07) is 24.8. The minimum Gasteiger partial charge on any atom is -0.0616 e. The van der Waals surface area contributed by atoms with Crippen molar-refractivity contribution in [3.63, 3.8) is 0 Å². The van der Waals surface area contributed by atoms with Crippen molar-refractivity contribution in [3.05, 3.63) is 83.4 Å². The van der Waals surface area contributed by atoms with Crippen LogP contribution in [0.2, 0.25) is 0 Å². The van der Waals surface area contributed by atoms with Crippen molar-refractivity contribution in [1.29, 1.82) is 0 Å². The molecule has 5 aromatic carbocycles. The van der Waals surface area contributed by atoms with Crippen molar-refractivity contribution in [2.75, 3.05) is 0 Å². The Morgan fingerprint density at radius 3 is 1.76 bits per heavy atom. The zero-order valence-electron chi connectivity index (χ0n) is 14.9. The third kappa shape index (κ3) is 2.07. The van der Waals surface area contributed by atoms with Crippen LogP contribution >= 0.6 is 0 Å². The summed E-state index contributed by atoms with van der Waals surface area (Å²) in [6.45, 7) is 6.68. The maximum absolute atomic E-state index is 2.39. The summed E-state index contributed by atoms with van der Waals surface area (Å²) in [5.74, 6) is 0. The van der Waals surface area contributed by atoms with E-state index in [0.717, 1.165) is 0 Å². The summed E-state index contributed by atoms with van der Waals surface area (Å²) < 4.78 is 0. The van der Waals surface area contributed by atoms with Gasteiger partial charge in [-0.05, 0) is 105 Å². The van der Waals surface area contributed by atoms with Crippen molar-refractivity contribution in [1.82, 2.24) is 0 Å². The molecule has 0 atom stereocenters. The molecule has 25 heavy (non-hydrogen) atoms. The van der Waals surface area contributed by atoms with Gasteiger partial charge in [0.15, 0.2) is 0 Å². The van der Waals surface area contributed by atoms with Gasteiger partial charge in [0.1, 0.15) is 0 Å². The molecule has 0 saturated carbocycles. The van der Waals surface area contributed by atoms with E-state index in [1.807, 2.05) is 0 Å². The van der Waals surface area contributed by atoms with E-state index in [9.17, 15) is 0 Å². The molecular formula is C25H20. The van der Waals surface area contributed by atoms with Gasteiger partial charge in [-0.2, -0.15) is 0 Å². The van der Waals surface area contributed by atoms with Gasteiger partial charge in [0.25, 0.3) is 0 Å². The molecule has 5 aromatic rings. The average Bonchev–Trinajstić information content (AvgIpc) is 2.63. The first-order valence-electron chi connectivity index (χ1n) is 8.87. The van der Waals surface area contributed by atoms with Crippen molar-refractivity contribution in [2.24, 2.45) is 0 Å². The van der Waals surface area contributed by atoms with Gasteiger partial charge in [0, 0.05) is 0 Å². The van der Waals surface area contributed by atoms with Gasteiger partial charge in [-0.15, -0.1) is 0 Å². The standard InChI is InChI=1S/C25H20/c1-15-10-22-12-21-9-8-20-11-18-6-4-5-7-19(18)13-24(20)25(21)14-23(22)17(3)16(15)2/h4-14H,1-3H3. The summed E-state index contributed by atoms with van der Waals surface area (Å²) in [7, 11) is 0. The molecule has 0 heterocycles. The average molecular weight is 320 g/mol. The molecule has 0 radical (unpaired) electrons. The molecule has 0 bridgehead atoms. The molecule has 0 spiro atoms. The zero-order chi connectivity index (χ0) is 17.1.